The lowest BCUT2D eigenvalue weighted by Gasteiger charge is -2.46. The normalized spacial score (nSPS) is 30.6. The Bertz CT molecular complexity index is 182. The minimum atomic E-state index is 0.0890. The zero-order chi connectivity index (χ0) is 10.6. The van der Waals surface area contributed by atoms with Crippen LogP contribution in [-0.4, -0.2) is 38.0 Å². The quantitative estimate of drug-likeness (QED) is 0.774. The van der Waals surface area contributed by atoms with Gasteiger partial charge in [-0.2, -0.15) is 0 Å². The standard InChI is InChI=1S/C12H23NO2/c1-2-3-4-11-12(15-10-7-13-11)5-8-14-9-6-12/h11,13H,2-10H2,1H3. The van der Waals surface area contributed by atoms with Gasteiger partial charge in [-0.3, -0.25) is 0 Å². The molecule has 2 fully saturated rings. The molecular formula is C12H23NO2. The van der Waals surface area contributed by atoms with Gasteiger partial charge in [0.2, 0.25) is 0 Å². The fourth-order valence-electron chi connectivity index (χ4n) is 2.76. The summed E-state index contributed by atoms with van der Waals surface area (Å²) in [6, 6.07) is 0.551. The Hall–Kier alpha value is -0.120. The Kier molecular flexibility index (Phi) is 4.00. The molecule has 3 heteroatoms. The highest BCUT2D eigenvalue weighted by Gasteiger charge is 2.42. The van der Waals surface area contributed by atoms with Crippen LogP contribution in [0, 0.1) is 0 Å². The molecule has 1 N–H and O–H groups in total. The van der Waals surface area contributed by atoms with Crippen LogP contribution in [0.4, 0.5) is 0 Å². The highest BCUT2D eigenvalue weighted by Crippen LogP contribution is 2.33. The van der Waals surface area contributed by atoms with Crippen molar-refractivity contribution in [3.05, 3.63) is 0 Å². The smallest absolute Gasteiger partial charge is 0.0879 e. The summed E-state index contributed by atoms with van der Waals surface area (Å²) >= 11 is 0. The van der Waals surface area contributed by atoms with Crippen molar-refractivity contribution >= 4 is 0 Å². The summed E-state index contributed by atoms with van der Waals surface area (Å²) in [5.41, 5.74) is 0.0890. The predicted molar refractivity (Wildman–Crippen MR) is 60.1 cm³/mol. The van der Waals surface area contributed by atoms with Gasteiger partial charge in [0.25, 0.3) is 0 Å². The lowest BCUT2D eigenvalue weighted by molar-refractivity contribution is -0.149. The molecule has 2 aliphatic rings. The maximum atomic E-state index is 6.07. The Morgan fingerprint density at radius 1 is 1.27 bits per heavy atom. The highest BCUT2D eigenvalue weighted by molar-refractivity contribution is 4.97. The third kappa shape index (κ3) is 2.52. The fourth-order valence-corrected chi connectivity index (χ4v) is 2.76. The molecule has 0 aromatic carbocycles. The zero-order valence-electron chi connectivity index (χ0n) is 9.76. The second kappa shape index (κ2) is 5.28. The van der Waals surface area contributed by atoms with Gasteiger partial charge in [-0.15, -0.1) is 0 Å². The van der Waals surface area contributed by atoms with Gasteiger partial charge in [-0.25, -0.2) is 0 Å². The van der Waals surface area contributed by atoms with E-state index in [4.69, 9.17) is 9.47 Å². The van der Waals surface area contributed by atoms with Crippen molar-refractivity contribution in [2.75, 3.05) is 26.4 Å². The molecule has 0 saturated carbocycles. The van der Waals surface area contributed by atoms with Crippen LogP contribution in [0.25, 0.3) is 0 Å². The molecule has 2 saturated heterocycles. The van der Waals surface area contributed by atoms with E-state index in [0.29, 0.717) is 6.04 Å². The van der Waals surface area contributed by atoms with Crippen LogP contribution in [0.2, 0.25) is 0 Å². The largest absolute Gasteiger partial charge is 0.381 e. The Balaban J connectivity index is 1.97. The third-order valence-electron chi connectivity index (χ3n) is 3.70. The first-order valence-corrected chi connectivity index (χ1v) is 6.32. The number of hydrogen-bond acceptors (Lipinski definition) is 3. The van der Waals surface area contributed by atoms with Crippen molar-refractivity contribution in [2.45, 2.75) is 50.7 Å². The van der Waals surface area contributed by atoms with Crippen LogP contribution >= 0.6 is 0 Å². The summed E-state index contributed by atoms with van der Waals surface area (Å²) in [6.07, 6.45) is 5.94. The molecule has 2 rings (SSSR count). The van der Waals surface area contributed by atoms with E-state index in [0.717, 1.165) is 39.2 Å². The lowest BCUT2D eigenvalue weighted by Crippen LogP contribution is -2.60. The molecule has 0 aromatic rings. The van der Waals surface area contributed by atoms with E-state index >= 15 is 0 Å². The molecular weight excluding hydrogens is 190 g/mol. The Labute approximate surface area is 92.5 Å². The monoisotopic (exact) mass is 213 g/mol. The maximum absolute atomic E-state index is 6.07. The lowest BCUT2D eigenvalue weighted by atomic mass is 9.82. The molecule has 0 aliphatic carbocycles. The number of rotatable bonds is 3. The number of nitrogens with one attached hydrogen (secondary N) is 1. The molecule has 0 amide bonds. The number of ether oxygens (including phenoxy) is 2. The van der Waals surface area contributed by atoms with E-state index in [1.165, 1.54) is 19.3 Å². The molecule has 0 radical (unpaired) electrons. The molecule has 0 aromatic heterocycles. The minimum absolute atomic E-state index is 0.0890. The molecule has 1 spiro atoms. The van der Waals surface area contributed by atoms with Crippen LogP contribution in [0.3, 0.4) is 0 Å². The number of unbranched alkanes of at least 4 members (excludes halogenated alkanes) is 1. The van der Waals surface area contributed by atoms with E-state index in [1.54, 1.807) is 0 Å². The summed E-state index contributed by atoms with van der Waals surface area (Å²) in [5.74, 6) is 0. The molecule has 2 heterocycles. The summed E-state index contributed by atoms with van der Waals surface area (Å²) in [5, 5.41) is 3.63. The van der Waals surface area contributed by atoms with E-state index in [2.05, 4.69) is 12.2 Å². The summed E-state index contributed by atoms with van der Waals surface area (Å²) in [4.78, 5) is 0. The van der Waals surface area contributed by atoms with Gasteiger partial charge in [0, 0.05) is 38.6 Å². The van der Waals surface area contributed by atoms with Gasteiger partial charge in [-0.1, -0.05) is 19.8 Å². The van der Waals surface area contributed by atoms with Crippen molar-refractivity contribution in [3.63, 3.8) is 0 Å². The van der Waals surface area contributed by atoms with E-state index < -0.39 is 0 Å². The Morgan fingerprint density at radius 3 is 2.80 bits per heavy atom. The molecule has 3 nitrogen and oxygen atoms in total. The van der Waals surface area contributed by atoms with Gasteiger partial charge in [0.1, 0.15) is 0 Å². The van der Waals surface area contributed by atoms with Crippen molar-refractivity contribution in [3.8, 4) is 0 Å². The first-order chi connectivity index (χ1) is 7.37. The first kappa shape index (κ1) is 11.4. The van der Waals surface area contributed by atoms with Gasteiger partial charge in [-0.05, 0) is 6.42 Å². The first-order valence-electron chi connectivity index (χ1n) is 6.32. The van der Waals surface area contributed by atoms with Crippen LogP contribution < -0.4 is 5.32 Å². The number of hydrogen-bond donors (Lipinski definition) is 1. The highest BCUT2D eigenvalue weighted by atomic mass is 16.5. The molecule has 1 unspecified atom stereocenters. The summed E-state index contributed by atoms with van der Waals surface area (Å²) in [6.45, 7) is 5.86. The second-order valence-electron chi connectivity index (χ2n) is 4.67. The van der Waals surface area contributed by atoms with Gasteiger partial charge >= 0.3 is 0 Å². The zero-order valence-corrected chi connectivity index (χ0v) is 9.76. The van der Waals surface area contributed by atoms with Crippen LogP contribution in [-0.2, 0) is 9.47 Å². The maximum Gasteiger partial charge on any atom is 0.0879 e. The average Bonchev–Trinajstić information content (AvgIpc) is 2.29. The average molecular weight is 213 g/mol. The summed E-state index contributed by atoms with van der Waals surface area (Å²) in [7, 11) is 0. The van der Waals surface area contributed by atoms with E-state index in [9.17, 15) is 0 Å². The molecule has 88 valence electrons. The minimum Gasteiger partial charge on any atom is -0.381 e. The van der Waals surface area contributed by atoms with Crippen molar-refractivity contribution in [1.82, 2.24) is 5.32 Å². The van der Waals surface area contributed by atoms with Crippen LogP contribution in [0.5, 0.6) is 0 Å². The van der Waals surface area contributed by atoms with Crippen molar-refractivity contribution < 1.29 is 9.47 Å². The molecule has 0 bridgehead atoms. The Morgan fingerprint density at radius 2 is 2.07 bits per heavy atom. The van der Waals surface area contributed by atoms with Gasteiger partial charge in [0.15, 0.2) is 0 Å². The predicted octanol–water partition coefficient (Wildman–Crippen LogP) is 1.71. The van der Waals surface area contributed by atoms with E-state index in [1.807, 2.05) is 0 Å². The molecule has 2 aliphatic heterocycles. The SMILES string of the molecule is CCCCC1NCCOC12CCOCC2. The molecule has 15 heavy (non-hydrogen) atoms. The molecule has 1 atom stereocenters. The van der Waals surface area contributed by atoms with Crippen LogP contribution in [0.15, 0.2) is 0 Å². The third-order valence-corrected chi connectivity index (χ3v) is 3.70. The van der Waals surface area contributed by atoms with Crippen molar-refractivity contribution in [1.29, 1.82) is 0 Å². The second-order valence-corrected chi connectivity index (χ2v) is 4.67. The number of morpholine rings is 1. The van der Waals surface area contributed by atoms with E-state index in [-0.39, 0.29) is 5.60 Å². The van der Waals surface area contributed by atoms with Gasteiger partial charge < -0.3 is 14.8 Å². The topological polar surface area (TPSA) is 30.5 Å². The fraction of sp³-hybridized carbons (Fsp3) is 1.00. The summed E-state index contributed by atoms with van der Waals surface area (Å²) < 4.78 is 11.5. The van der Waals surface area contributed by atoms with Crippen LogP contribution in [0.1, 0.15) is 39.0 Å². The van der Waals surface area contributed by atoms with Gasteiger partial charge in [0.05, 0.1) is 12.2 Å². The van der Waals surface area contributed by atoms with Crippen molar-refractivity contribution in [2.24, 2.45) is 0 Å².